The zero-order chi connectivity index (χ0) is 12.5. The van der Waals surface area contributed by atoms with Crippen molar-refractivity contribution in [2.45, 2.75) is 38.1 Å². The third kappa shape index (κ3) is 1.73. The lowest BCUT2D eigenvalue weighted by atomic mass is 9.94. The van der Waals surface area contributed by atoms with Crippen LogP contribution in [-0.2, 0) is 6.42 Å². The van der Waals surface area contributed by atoms with Gasteiger partial charge in [0.15, 0.2) is 11.5 Å². The minimum Gasteiger partial charge on any atom is -0.317 e. The maximum Gasteiger partial charge on any atom is 0.173 e. The molecule has 0 spiro atoms. The van der Waals surface area contributed by atoms with Crippen LogP contribution in [0.1, 0.15) is 53.5 Å². The largest absolute Gasteiger partial charge is 0.317 e. The van der Waals surface area contributed by atoms with E-state index in [1.165, 1.54) is 0 Å². The van der Waals surface area contributed by atoms with Crippen LogP contribution in [0.25, 0.3) is 0 Å². The monoisotopic (exact) mass is 244 g/mol. The Morgan fingerprint density at radius 2 is 2.11 bits per heavy atom. The quantitative estimate of drug-likeness (QED) is 0.805. The molecule has 1 N–H and O–H groups in total. The number of aromatic nitrogens is 2. The van der Waals surface area contributed by atoms with Crippen LogP contribution in [0.5, 0.6) is 0 Å². The van der Waals surface area contributed by atoms with Gasteiger partial charge >= 0.3 is 0 Å². The van der Waals surface area contributed by atoms with Gasteiger partial charge < -0.3 is 5.32 Å². The molecule has 5 nitrogen and oxygen atoms in total. The standard InChI is InChI=1S/C13H16N4O/c14-8-10-13-11(2-1-3-12(13)18)17(16-10)9-4-6-15-7-5-9/h9,15H,1-7H2. The molecule has 1 aliphatic carbocycles. The highest BCUT2D eigenvalue weighted by Crippen LogP contribution is 2.29. The van der Waals surface area contributed by atoms with E-state index < -0.39 is 0 Å². The first-order chi connectivity index (χ1) is 8.81. The number of Topliss-reactive ketones (excluding diaryl/α,β-unsaturated/α-hetero) is 1. The van der Waals surface area contributed by atoms with Gasteiger partial charge in [0.2, 0.25) is 0 Å². The number of nitrogens with zero attached hydrogens (tertiary/aromatic N) is 3. The summed E-state index contributed by atoms with van der Waals surface area (Å²) in [5.41, 5.74) is 1.92. The first-order valence-corrected chi connectivity index (χ1v) is 6.56. The fourth-order valence-corrected chi connectivity index (χ4v) is 2.97. The van der Waals surface area contributed by atoms with Crippen LogP contribution >= 0.6 is 0 Å². The van der Waals surface area contributed by atoms with E-state index in [1.807, 2.05) is 4.68 Å². The number of carbonyl (C=O) groups is 1. The van der Waals surface area contributed by atoms with E-state index in [0.717, 1.165) is 44.5 Å². The van der Waals surface area contributed by atoms with E-state index in [4.69, 9.17) is 5.26 Å². The number of nitrogens with one attached hydrogen (secondary N) is 1. The summed E-state index contributed by atoms with van der Waals surface area (Å²) in [6.45, 7) is 1.96. The smallest absolute Gasteiger partial charge is 0.173 e. The maximum atomic E-state index is 11.9. The Labute approximate surface area is 106 Å². The van der Waals surface area contributed by atoms with Crippen molar-refractivity contribution in [3.63, 3.8) is 0 Å². The fourth-order valence-electron chi connectivity index (χ4n) is 2.97. The van der Waals surface area contributed by atoms with Gasteiger partial charge in [0.05, 0.1) is 17.3 Å². The highest BCUT2D eigenvalue weighted by molar-refractivity contribution is 5.99. The van der Waals surface area contributed by atoms with Crippen molar-refractivity contribution in [1.82, 2.24) is 15.1 Å². The number of ketones is 1. The van der Waals surface area contributed by atoms with E-state index in [1.54, 1.807) is 0 Å². The molecule has 0 saturated carbocycles. The van der Waals surface area contributed by atoms with E-state index in [0.29, 0.717) is 23.7 Å². The van der Waals surface area contributed by atoms with Gasteiger partial charge in [0.1, 0.15) is 6.07 Å². The van der Waals surface area contributed by atoms with Gasteiger partial charge in [-0.3, -0.25) is 9.48 Å². The second kappa shape index (κ2) is 4.54. The van der Waals surface area contributed by atoms with Crippen molar-refractivity contribution in [3.05, 3.63) is 17.0 Å². The maximum absolute atomic E-state index is 11.9. The molecule has 0 radical (unpaired) electrons. The molecule has 1 saturated heterocycles. The van der Waals surface area contributed by atoms with Crippen molar-refractivity contribution in [3.8, 4) is 6.07 Å². The number of carbonyl (C=O) groups excluding carboxylic acids is 1. The minimum atomic E-state index is 0.0907. The third-order valence-corrected chi connectivity index (χ3v) is 3.87. The van der Waals surface area contributed by atoms with Crippen LogP contribution in [0, 0.1) is 11.3 Å². The fraction of sp³-hybridized carbons (Fsp3) is 0.615. The van der Waals surface area contributed by atoms with Crippen molar-refractivity contribution in [2.24, 2.45) is 0 Å². The molecule has 2 heterocycles. The van der Waals surface area contributed by atoms with Crippen molar-refractivity contribution in [1.29, 1.82) is 5.26 Å². The van der Waals surface area contributed by atoms with Gasteiger partial charge in [-0.05, 0) is 38.8 Å². The molecule has 5 heteroatoms. The molecule has 0 bridgehead atoms. The summed E-state index contributed by atoms with van der Waals surface area (Å²) >= 11 is 0. The molecule has 1 fully saturated rings. The molecule has 0 unspecified atom stereocenters. The van der Waals surface area contributed by atoms with Gasteiger partial charge in [-0.25, -0.2) is 0 Å². The highest BCUT2D eigenvalue weighted by Gasteiger charge is 2.29. The Bertz CT molecular complexity index is 520. The molecule has 0 atom stereocenters. The molecular weight excluding hydrogens is 228 g/mol. The van der Waals surface area contributed by atoms with Crippen LogP contribution in [-0.4, -0.2) is 28.7 Å². The average molecular weight is 244 g/mol. The first-order valence-electron chi connectivity index (χ1n) is 6.56. The molecule has 1 aliphatic heterocycles. The Morgan fingerprint density at radius 1 is 1.33 bits per heavy atom. The zero-order valence-corrected chi connectivity index (χ0v) is 10.3. The first kappa shape index (κ1) is 11.4. The Hall–Kier alpha value is -1.67. The average Bonchev–Trinajstić information content (AvgIpc) is 2.80. The van der Waals surface area contributed by atoms with Crippen molar-refractivity contribution >= 4 is 5.78 Å². The topological polar surface area (TPSA) is 70.7 Å². The van der Waals surface area contributed by atoms with Crippen molar-refractivity contribution in [2.75, 3.05) is 13.1 Å². The summed E-state index contributed by atoms with van der Waals surface area (Å²) in [6.07, 6.45) is 4.35. The minimum absolute atomic E-state index is 0.0907. The molecule has 3 rings (SSSR count). The van der Waals surface area contributed by atoms with Crippen molar-refractivity contribution < 1.29 is 4.79 Å². The SMILES string of the molecule is N#Cc1nn(C2CCNCC2)c2c1C(=O)CCC2. The summed E-state index contributed by atoms with van der Waals surface area (Å²) in [4.78, 5) is 11.9. The molecule has 1 aromatic heterocycles. The third-order valence-electron chi connectivity index (χ3n) is 3.87. The second-order valence-corrected chi connectivity index (χ2v) is 4.98. The molecule has 18 heavy (non-hydrogen) atoms. The van der Waals surface area contributed by atoms with Gasteiger partial charge in [0.25, 0.3) is 0 Å². The summed E-state index contributed by atoms with van der Waals surface area (Å²) < 4.78 is 1.96. The van der Waals surface area contributed by atoms with Gasteiger partial charge in [-0.1, -0.05) is 0 Å². The number of hydrogen-bond donors (Lipinski definition) is 1. The number of fused-ring (bicyclic) bond motifs is 1. The second-order valence-electron chi connectivity index (χ2n) is 4.98. The lowest BCUT2D eigenvalue weighted by molar-refractivity contribution is 0.0971. The molecule has 94 valence electrons. The van der Waals surface area contributed by atoms with Crippen LogP contribution in [0.15, 0.2) is 0 Å². The van der Waals surface area contributed by atoms with Gasteiger partial charge in [-0.15, -0.1) is 0 Å². The normalized spacial score (nSPS) is 20.5. The van der Waals surface area contributed by atoms with Crippen LogP contribution in [0.4, 0.5) is 0 Å². The predicted octanol–water partition coefficient (Wildman–Crippen LogP) is 1.20. The predicted molar refractivity (Wildman–Crippen MR) is 65.4 cm³/mol. The number of nitriles is 1. The molecule has 0 amide bonds. The Morgan fingerprint density at radius 3 is 2.83 bits per heavy atom. The summed E-state index contributed by atoms with van der Waals surface area (Å²) in [5, 5.41) is 16.8. The lowest BCUT2D eigenvalue weighted by Crippen LogP contribution is -2.31. The van der Waals surface area contributed by atoms with E-state index in [9.17, 15) is 4.79 Å². The number of rotatable bonds is 1. The Kier molecular flexibility index (Phi) is 2.88. The van der Waals surface area contributed by atoms with Crippen LogP contribution < -0.4 is 5.32 Å². The zero-order valence-electron chi connectivity index (χ0n) is 10.3. The summed E-state index contributed by atoms with van der Waals surface area (Å²) in [5.74, 6) is 0.0907. The number of hydrogen-bond acceptors (Lipinski definition) is 4. The highest BCUT2D eigenvalue weighted by atomic mass is 16.1. The van der Waals surface area contributed by atoms with E-state index in [-0.39, 0.29) is 5.78 Å². The summed E-state index contributed by atoms with van der Waals surface area (Å²) in [6, 6.07) is 2.42. The van der Waals surface area contributed by atoms with Crippen LogP contribution in [0.2, 0.25) is 0 Å². The molecule has 0 aromatic carbocycles. The van der Waals surface area contributed by atoms with Crippen LogP contribution in [0.3, 0.4) is 0 Å². The van der Waals surface area contributed by atoms with Gasteiger partial charge in [0, 0.05) is 6.42 Å². The summed E-state index contributed by atoms with van der Waals surface area (Å²) in [7, 11) is 0. The molecule has 1 aromatic rings. The van der Waals surface area contributed by atoms with E-state index in [2.05, 4.69) is 16.5 Å². The number of piperidine rings is 1. The molecule has 2 aliphatic rings. The van der Waals surface area contributed by atoms with Gasteiger partial charge in [-0.2, -0.15) is 10.4 Å². The lowest BCUT2D eigenvalue weighted by Gasteiger charge is -2.25. The molecular formula is C13H16N4O. The van der Waals surface area contributed by atoms with E-state index >= 15 is 0 Å². The Balaban J connectivity index is 2.05.